The molecule has 1 unspecified atom stereocenters. The van der Waals surface area contributed by atoms with Gasteiger partial charge in [0.05, 0.1) is 5.56 Å². The largest absolute Gasteiger partial charge is 0.478 e. The average Bonchev–Trinajstić information content (AvgIpc) is 2.34. The molecule has 1 aromatic heterocycles. The molecule has 0 aliphatic rings. The smallest absolute Gasteiger partial charge is 0.337 e. The second-order valence-electron chi connectivity index (χ2n) is 5.39. The molecule has 112 valence electrons. The van der Waals surface area contributed by atoms with Gasteiger partial charge in [0.2, 0.25) is 0 Å². The molecular weight excluding hydrogens is 254 g/mol. The summed E-state index contributed by atoms with van der Waals surface area (Å²) in [5.41, 5.74) is 1.31. The molecule has 0 aliphatic heterocycles. The van der Waals surface area contributed by atoms with E-state index in [1.165, 1.54) is 6.07 Å². The Morgan fingerprint density at radius 1 is 1.25 bits per heavy atom. The Balaban J connectivity index is 3.37. The summed E-state index contributed by atoms with van der Waals surface area (Å²) < 4.78 is 1.69. The lowest BCUT2D eigenvalue weighted by atomic mass is 10.0. The summed E-state index contributed by atoms with van der Waals surface area (Å²) in [6.45, 7) is 7.64. The fourth-order valence-corrected chi connectivity index (χ4v) is 2.85. The Kier molecular flexibility index (Phi) is 5.99. The van der Waals surface area contributed by atoms with Crippen molar-refractivity contribution in [1.29, 1.82) is 0 Å². The number of carboxylic acid groups (broad SMARTS) is 1. The standard InChI is InChI=1S/C16H25NO3/c1-5-7-9-13(8-6-2)17-12(4)15(16(19)20)11(3)10-14(17)18/h10,13H,5-9H2,1-4H3,(H,19,20). The molecule has 0 saturated heterocycles. The first-order valence-electron chi connectivity index (χ1n) is 7.40. The van der Waals surface area contributed by atoms with Crippen LogP contribution in [0, 0.1) is 13.8 Å². The summed E-state index contributed by atoms with van der Waals surface area (Å²) in [6, 6.07) is 1.55. The number of aromatic nitrogens is 1. The lowest BCUT2D eigenvalue weighted by Gasteiger charge is -2.23. The van der Waals surface area contributed by atoms with E-state index in [-0.39, 0.29) is 17.2 Å². The average molecular weight is 279 g/mol. The van der Waals surface area contributed by atoms with Crippen molar-refractivity contribution in [3.8, 4) is 0 Å². The highest BCUT2D eigenvalue weighted by Gasteiger charge is 2.20. The van der Waals surface area contributed by atoms with Crippen molar-refractivity contribution >= 4 is 5.97 Å². The number of unbranched alkanes of at least 4 members (excludes halogenated alkanes) is 1. The van der Waals surface area contributed by atoms with Gasteiger partial charge < -0.3 is 9.67 Å². The van der Waals surface area contributed by atoms with Gasteiger partial charge in [-0.05, 0) is 32.3 Å². The highest BCUT2D eigenvalue weighted by molar-refractivity contribution is 5.90. The van der Waals surface area contributed by atoms with Crippen LogP contribution in [0.1, 0.15) is 73.6 Å². The van der Waals surface area contributed by atoms with Crippen LogP contribution < -0.4 is 5.56 Å². The SMILES string of the molecule is CCCCC(CCC)n1c(C)c(C(=O)O)c(C)cc1=O. The summed E-state index contributed by atoms with van der Waals surface area (Å²) in [5, 5.41) is 9.33. The second-order valence-corrected chi connectivity index (χ2v) is 5.39. The van der Waals surface area contributed by atoms with Gasteiger partial charge in [0, 0.05) is 17.8 Å². The van der Waals surface area contributed by atoms with E-state index in [4.69, 9.17) is 0 Å². The predicted octanol–water partition coefficient (Wildman–Crippen LogP) is 3.69. The topological polar surface area (TPSA) is 59.3 Å². The Labute approximate surface area is 120 Å². The Morgan fingerprint density at radius 2 is 1.90 bits per heavy atom. The molecule has 4 heteroatoms. The van der Waals surface area contributed by atoms with Crippen molar-refractivity contribution in [1.82, 2.24) is 4.57 Å². The molecule has 1 N–H and O–H groups in total. The second kappa shape index (κ2) is 7.27. The van der Waals surface area contributed by atoms with Gasteiger partial charge in [0.1, 0.15) is 0 Å². The molecule has 0 spiro atoms. The van der Waals surface area contributed by atoms with Crippen molar-refractivity contribution < 1.29 is 9.90 Å². The monoisotopic (exact) mass is 279 g/mol. The highest BCUT2D eigenvalue weighted by Crippen LogP contribution is 2.23. The van der Waals surface area contributed by atoms with Crippen LogP contribution in [0.25, 0.3) is 0 Å². The first-order valence-corrected chi connectivity index (χ1v) is 7.40. The molecule has 0 saturated carbocycles. The van der Waals surface area contributed by atoms with Gasteiger partial charge in [-0.2, -0.15) is 0 Å². The first kappa shape index (κ1) is 16.5. The van der Waals surface area contributed by atoms with Crippen molar-refractivity contribution in [2.75, 3.05) is 0 Å². The highest BCUT2D eigenvalue weighted by atomic mass is 16.4. The van der Waals surface area contributed by atoms with Crippen LogP contribution in [0.3, 0.4) is 0 Å². The van der Waals surface area contributed by atoms with Crippen LogP contribution in [0.15, 0.2) is 10.9 Å². The van der Waals surface area contributed by atoms with Crippen molar-refractivity contribution in [3.05, 3.63) is 33.2 Å². The number of rotatable bonds is 7. The predicted molar refractivity (Wildman–Crippen MR) is 80.6 cm³/mol. The minimum atomic E-state index is -0.959. The molecule has 0 aliphatic carbocycles. The number of carbonyl (C=O) groups is 1. The molecule has 1 aromatic rings. The third kappa shape index (κ3) is 3.50. The molecule has 1 atom stereocenters. The molecule has 4 nitrogen and oxygen atoms in total. The number of aromatic carboxylic acids is 1. The Hall–Kier alpha value is -1.58. The summed E-state index contributed by atoms with van der Waals surface area (Å²) in [5.74, 6) is -0.959. The normalized spacial score (nSPS) is 12.4. The zero-order valence-corrected chi connectivity index (χ0v) is 12.9. The molecule has 0 amide bonds. The maximum atomic E-state index is 12.3. The van der Waals surface area contributed by atoms with Gasteiger partial charge in [0.15, 0.2) is 0 Å². The van der Waals surface area contributed by atoms with E-state index in [0.29, 0.717) is 11.3 Å². The maximum Gasteiger partial charge on any atom is 0.337 e. The number of nitrogens with zero attached hydrogens (tertiary/aromatic N) is 1. The minimum Gasteiger partial charge on any atom is -0.478 e. The molecule has 20 heavy (non-hydrogen) atoms. The van der Waals surface area contributed by atoms with E-state index < -0.39 is 5.97 Å². The van der Waals surface area contributed by atoms with E-state index in [2.05, 4.69) is 13.8 Å². The third-order valence-corrected chi connectivity index (χ3v) is 3.79. The zero-order chi connectivity index (χ0) is 15.3. The number of hydrogen-bond donors (Lipinski definition) is 1. The number of pyridine rings is 1. The van der Waals surface area contributed by atoms with E-state index in [9.17, 15) is 14.7 Å². The van der Waals surface area contributed by atoms with Gasteiger partial charge in [-0.15, -0.1) is 0 Å². The molecule has 0 aromatic carbocycles. The van der Waals surface area contributed by atoms with Crippen LogP contribution >= 0.6 is 0 Å². The van der Waals surface area contributed by atoms with Crippen molar-refractivity contribution in [2.24, 2.45) is 0 Å². The van der Waals surface area contributed by atoms with E-state index in [1.54, 1.807) is 18.4 Å². The zero-order valence-electron chi connectivity index (χ0n) is 12.9. The molecular formula is C16H25NO3. The minimum absolute atomic E-state index is 0.0837. The lowest BCUT2D eigenvalue weighted by molar-refractivity contribution is 0.0693. The van der Waals surface area contributed by atoms with Crippen LogP contribution in [0.2, 0.25) is 0 Å². The van der Waals surface area contributed by atoms with Crippen LogP contribution in [0.5, 0.6) is 0 Å². The maximum absolute atomic E-state index is 12.3. The quantitative estimate of drug-likeness (QED) is 0.828. The van der Waals surface area contributed by atoms with Gasteiger partial charge in [-0.3, -0.25) is 4.79 Å². The van der Waals surface area contributed by atoms with Gasteiger partial charge in [0.25, 0.3) is 5.56 Å². The van der Waals surface area contributed by atoms with E-state index in [1.807, 2.05) is 0 Å². The third-order valence-electron chi connectivity index (χ3n) is 3.79. The van der Waals surface area contributed by atoms with Crippen LogP contribution in [-0.2, 0) is 0 Å². The fourth-order valence-electron chi connectivity index (χ4n) is 2.85. The lowest BCUT2D eigenvalue weighted by Crippen LogP contribution is -2.29. The van der Waals surface area contributed by atoms with E-state index in [0.717, 1.165) is 32.1 Å². The van der Waals surface area contributed by atoms with Gasteiger partial charge in [-0.1, -0.05) is 33.1 Å². The Bertz CT molecular complexity index is 531. The summed E-state index contributed by atoms with van der Waals surface area (Å²) >= 11 is 0. The van der Waals surface area contributed by atoms with Gasteiger partial charge in [-0.25, -0.2) is 4.79 Å². The van der Waals surface area contributed by atoms with Gasteiger partial charge >= 0.3 is 5.97 Å². The summed E-state index contributed by atoms with van der Waals surface area (Å²) in [7, 11) is 0. The number of aryl methyl sites for hydroxylation is 1. The molecule has 1 rings (SSSR count). The number of hydrogen-bond acceptors (Lipinski definition) is 2. The molecule has 0 bridgehead atoms. The summed E-state index contributed by atoms with van der Waals surface area (Å²) in [6.07, 6.45) is 4.94. The fraction of sp³-hybridized carbons (Fsp3) is 0.625. The van der Waals surface area contributed by atoms with Crippen molar-refractivity contribution in [3.63, 3.8) is 0 Å². The molecule has 0 radical (unpaired) electrons. The van der Waals surface area contributed by atoms with E-state index >= 15 is 0 Å². The Morgan fingerprint density at radius 3 is 2.40 bits per heavy atom. The van der Waals surface area contributed by atoms with Crippen molar-refractivity contribution in [2.45, 2.75) is 65.8 Å². The summed E-state index contributed by atoms with van der Waals surface area (Å²) in [4.78, 5) is 23.7. The number of carboxylic acids is 1. The molecule has 1 heterocycles. The first-order chi connectivity index (χ1) is 9.43. The van der Waals surface area contributed by atoms with Crippen LogP contribution in [-0.4, -0.2) is 15.6 Å². The molecule has 0 fully saturated rings. The van der Waals surface area contributed by atoms with Crippen LogP contribution in [0.4, 0.5) is 0 Å².